The second kappa shape index (κ2) is 6.87. The van der Waals surface area contributed by atoms with E-state index in [1.165, 1.54) is 37.0 Å². The van der Waals surface area contributed by atoms with Gasteiger partial charge in [0, 0.05) is 23.8 Å². The summed E-state index contributed by atoms with van der Waals surface area (Å²) in [6, 6.07) is 0.192. The molecule has 1 heterocycles. The minimum absolute atomic E-state index is 0. The zero-order chi connectivity index (χ0) is 13.2. The van der Waals surface area contributed by atoms with Crippen molar-refractivity contribution in [3.05, 3.63) is 11.1 Å². The van der Waals surface area contributed by atoms with Crippen LogP contribution in [0.5, 0.6) is 0 Å². The van der Waals surface area contributed by atoms with Gasteiger partial charge in [0.25, 0.3) is 0 Å². The van der Waals surface area contributed by atoms with Crippen LogP contribution in [0.2, 0.25) is 0 Å². The molecule has 20 heavy (non-hydrogen) atoms. The van der Waals surface area contributed by atoms with E-state index in [0.29, 0.717) is 18.3 Å². The van der Waals surface area contributed by atoms with Crippen LogP contribution in [0.4, 0.5) is 5.13 Å². The maximum absolute atomic E-state index is 12.0. The predicted molar refractivity (Wildman–Crippen MR) is 84.5 cm³/mol. The fourth-order valence-electron chi connectivity index (χ4n) is 2.81. The summed E-state index contributed by atoms with van der Waals surface area (Å²) in [6.07, 6.45) is 7.58. The second-order valence-corrected chi connectivity index (χ2v) is 6.67. The van der Waals surface area contributed by atoms with Gasteiger partial charge < -0.3 is 11.1 Å². The average Bonchev–Trinajstić information content (AvgIpc) is 3.14. The first-order chi connectivity index (χ1) is 9.22. The zero-order valence-electron chi connectivity index (χ0n) is 11.5. The molecule has 1 aromatic rings. The minimum atomic E-state index is 0. The fraction of sp³-hybridized carbons (Fsp3) is 0.714. The third kappa shape index (κ3) is 3.93. The van der Waals surface area contributed by atoms with Crippen LogP contribution in [-0.2, 0) is 4.79 Å². The number of anilines is 1. The average molecular weight is 316 g/mol. The first-order valence-corrected chi connectivity index (χ1v) is 8.11. The summed E-state index contributed by atoms with van der Waals surface area (Å²) in [7, 11) is 0. The number of hydrogen-bond acceptors (Lipinski definition) is 4. The molecule has 2 unspecified atom stereocenters. The molecule has 2 aliphatic carbocycles. The van der Waals surface area contributed by atoms with Crippen molar-refractivity contribution in [1.29, 1.82) is 0 Å². The Labute approximate surface area is 129 Å². The summed E-state index contributed by atoms with van der Waals surface area (Å²) in [5.74, 6) is 1.06. The molecule has 0 aromatic carbocycles. The van der Waals surface area contributed by atoms with Gasteiger partial charge in [0.2, 0.25) is 5.91 Å². The number of aromatic nitrogens is 1. The normalized spacial score (nSPS) is 25.9. The lowest BCUT2D eigenvalue weighted by molar-refractivity contribution is -0.117. The molecular weight excluding hydrogens is 294 g/mol. The number of carbonyl (C=O) groups is 1. The van der Waals surface area contributed by atoms with E-state index in [0.717, 1.165) is 23.7 Å². The Morgan fingerprint density at radius 3 is 2.80 bits per heavy atom. The van der Waals surface area contributed by atoms with Crippen molar-refractivity contribution >= 4 is 34.8 Å². The molecule has 6 heteroatoms. The van der Waals surface area contributed by atoms with Crippen molar-refractivity contribution in [2.24, 2.45) is 11.7 Å². The highest BCUT2D eigenvalue weighted by Crippen LogP contribution is 2.40. The van der Waals surface area contributed by atoms with E-state index >= 15 is 0 Å². The standard InChI is InChI=1S/C14H21N3OS.ClH/c15-11-4-2-1-3-10(11)7-13(18)17-14-16-12(8-19-14)9-5-6-9;/h8-11H,1-7,15H2,(H,16,17,18);1H. The monoisotopic (exact) mass is 315 g/mol. The van der Waals surface area contributed by atoms with E-state index in [1.54, 1.807) is 0 Å². The highest BCUT2D eigenvalue weighted by molar-refractivity contribution is 7.13. The predicted octanol–water partition coefficient (Wildman–Crippen LogP) is 3.29. The molecule has 2 fully saturated rings. The van der Waals surface area contributed by atoms with Crippen molar-refractivity contribution in [3.8, 4) is 0 Å². The number of nitrogens with two attached hydrogens (primary N) is 1. The number of carbonyl (C=O) groups excluding carboxylic acids is 1. The van der Waals surface area contributed by atoms with Gasteiger partial charge in [-0.2, -0.15) is 0 Å². The molecule has 2 aliphatic rings. The molecule has 2 saturated carbocycles. The highest BCUT2D eigenvalue weighted by atomic mass is 35.5. The van der Waals surface area contributed by atoms with E-state index in [9.17, 15) is 4.79 Å². The number of nitrogens with zero attached hydrogens (tertiary/aromatic N) is 1. The van der Waals surface area contributed by atoms with Crippen LogP contribution in [0, 0.1) is 5.92 Å². The Balaban J connectivity index is 0.00000147. The molecule has 1 aromatic heterocycles. The second-order valence-electron chi connectivity index (χ2n) is 5.81. The van der Waals surface area contributed by atoms with Gasteiger partial charge in [0.05, 0.1) is 5.69 Å². The maximum Gasteiger partial charge on any atom is 0.226 e. The van der Waals surface area contributed by atoms with Crippen molar-refractivity contribution in [3.63, 3.8) is 0 Å². The molecule has 0 aliphatic heterocycles. The van der Waals surface area contributed by atoms with Gasteiger partial charge in [-0.15, -0.1) is 23.7 Å². The van der Waals surface area contributed by atoms with Crippen molar-refractivity contribution < 1.29 is 4.79 Å². The summed E-state index contributed by atoms with van der Waals surface area (Å²) in [5, 5.41) is 5.74. The van der Waals surface area contributed by atoms with Crippen LogP contribution in [0.1, 0.15) is 56.6 Å². The summed E-state index contributed by atoms with van der Waals surface area (Å²) >= 11 is 1.53. The van der Waals surface area contributed by atoms with Crippen molar-refractivity contribution in [1.82, 2.24) is 4.98 Å². The van der Waals surface area contributed by atoms with Crippen LogP contribution < -0.4 is 11.1 Å². The Morgan fingerprint density at radius 1 is 1.35 bits per heavy atom. The first kappa shape index (κ1) is 15.7. The van der Waals surface area contributed by atoms with Gasteiger partial charge in [0.1, 0.15) is 0 Å². The lowest BCUT2D eigenvalue weighted by Crippen LogP contribution is -2.35. The quantitative estimate of drug-likeness (QED) is 0.896. The summed E-state index contributed by atoms with van der Waals surface area (Å²) in [5.41, 5.74) is 7.23. The lowest BCUT2D eigenvalue weighted by atomic mass is 9.83. The zero-order valence-corrected chi connectivity index (χ0v) is 13.1. The highest BCUT2D eigenvalue weighted by Gasteiger charge is 2.27. The van der Waals surface area contributed by atoms with E-state index in [2.05, 4.69) is 15.7 Å². The van der Waals surface area contributed by atoms with E-state index in [1.807, 2.05) is 0 Å². The molecule has 0 bridgehead atoms. The van der Waals surface area contributed by atoms with E-state index in [4.69, 9.17) is 5.73 Å². The summed E-state index contributed by atoms with van der Waals surface area (Å²) < 4.78 is 0. The van der Waals surface area contributed by atoms with Crippen LogP contribution in [-0.4, -0.2) is 16.9 Å². The van der Waals surface area contributed by atoms with Crippen LogP contribution in [0.3, 0.4) is 0 Å². The van der Waals surface area contributed by atoms with Gasteiger partial charge in [0.15, 0.2) is 5.13 Å². The number of thiazole rings is 1. The molecule has 112 valence electrons. The summed E-state index contributed by atoms with van der Waals surface area (Å²) in [6.45, 7) is 0. The Bertz CT molecular complexity index is 461. The van der Waals surface area contributed by atoms with Gasteiger partial charge in [-0.1, -0.05) is 12.8 Å². The third-order valence-corrected chi connectivity index (χ3v) is 4.96. The fourth-order valence-corrected chi connectivity index (χ4v) is 3.62. The van der Waals surface area contributed by atoms with Gasteiger partial charge >= 0.3 is 0 Å². The smallest absolute Gasteiger partial charge is 0.226 e. The van der Waals surface area contributed by atoms with E-state index < -0.39 is 0 Å². The molecule has 3 rings (SSSR count). The number of hydrogen-bond donors (Lipinski definition) is 2. The Morgan fingerprint density at radius 2 is 2.10 bits per heavy atom. The molecule has 3 N–H and O–H groups in total. The van der Waals surface area contributed by atoms with Crippen LogP contribution >= 0.6 is 23.7 Å². The number of halogens is 1. The first-order valence-electron chi connectivity index (χ1n) is 7.23. The van der Waals surface area contributed by atoms with Crippen LogP contribution in [0.15, 0.2) is 5.38 Å². The summed E-state index contributed by atoms with van der Waals surface area (Å²) in [4.78, 5) is 16.5. The van der Waals surface area contributed by atoms with Crippen LogP contribution in [0.25, 0.3) is 0 Å². The number of rotatable bonds is 4. The largest absolute Gasteiger partial charge is 0.327 e. The molecule has 0 saturated heterocycles. The third-order valence-electron chi connectivity index (χ3n) is 4.18. The van der Waals surface area contributed by atoms with Gasteiger partial charge in [-0.25, -0.2) is 4.98 Å². The Kier molecular flexibility index (Phi) is 5.41. The SMILES string of the molecule is Cl.NC1CCCCC1CC(=O)Nc1nc(C2CC2)cs1. The molecule has 1 amide bonds. The molecule has 4 nitrogen and oxygen atoms in total. The number of amides is 1. The minimum Gasteiger partial charge on any atom is -0.327 e. The van der Waals surface area contributed by atoms with Gasteiger partial charge in [-0.05, 0) is 31.6 Å². The maximum atomic E-state index is 12.0. The molecule has 2 atom stereocenters. The molecular formula is C14H22ClN3OS. The van der Waals surface area contributed by atoms with Crippen molar-refractivity contribution in [2.45, 2.75) is 56.9 Å². The molecule has 0 radical (unpaired) electrons. The van der Waals surface area contributed by atoms with Crippen molar-refractivity contribution in [2.75, 3.05) is 5.32 Å². The lowest BCUT2D eigenvalue weighted by Gasteiger charge is -2.27. The number of nitrogens with one attached hydrogen (secondary N) is 1. The topological polar surface area (TPSA) is 68.0 Å². The van der Waals surface area contributed by atoms with E-state index in [-0.39, 0.29) is 24.4 Å². The van der Waals surface area contributed by atoms with Gasteiger partial charge in [-0.3, -0.25) is 4.79 Å². The molecule has 0 spiro atoms. The Hall–Kier alpha value is -0.650.